The van der Waals surface area contributed by atoms with Crippen molar-refractivity contribution in [3.05, 3.63) is 29.8 Å². The molecule has 24 heavy (non-hydrogen) atoms. The van der Waals surface area contributed by atoms with Crippen molar-refractivity contribution >= 4 is 23.6 Å². The first-order valence-electron chi connectivity index (χ1n) is 8.18. The smallest absolute Gasteiger partial charge is 0.319 e. The van der Waals surface area contributed by atoms with Crippen LogP contribution in [0.2, 0.25) is 0 Å². The lowest BCUT2D eigenvalue weighted by Crippen LogP contribution is -2.33. The van der Waals surface area contributed by atoms with Gasteiger partial charge in [-0.05, 0) is 37.5 Å². The minimum absolute atomic E-state index is 0.0851. The molecule has 130 valence electrons. The van der Waals surface area contributed by atoms with E-state index >= 15 is 0 Å². The molecule has 1 fully saturated rings. The van der Waals surface area contributed by atoms with Crippen LogP contribution in [0.1, 0.15) is 43.0 Å². The van der Waals surface area contributed by atoms with E-state index in [0.717, 1.165) is 19.3 Å². The number of rotatable bonds is 8. The number of hydrogen-bond acceptors (Lipinski definition) is 3. The van der Waals surface area contributed by atoms with Gasteiger partial charge in [0, 0.05) is 23.8 Å². The number of carboxylic acids is 1. The van der Waals surface area contributed by atoms with Crippen LogP contribution >= 0.6 is 0 Å². The molecule has 0 saturated heterocycles. The standard InChI is InChI=1S/C17H23N3O4/c1-2-4-12(16(22)23)10-18-15(21)11-5-3-6-14(9-11)20-17(24)19-13-7-8-13/h3,5-6,9,12-13H,2,4,7-8,10H2,1H3,(H,18,21)(H,22,23)(H2,19,20,24). The van der Waals surface area contributed by atoms with Gasteiger partial charge in [0.25, 0.3) is 5.91 Å². The molecule has 0 heterocycles. The molecule has 1 aliphatic rings. The van der Waals surface area contributed by atoms with E-state index in [1.165, 1.54) is 0 Å². The van der Waals surface area contributed by atoms with Crippen molar-refractivity contribution in [3.8, 4) is 0 Å². The summed E-state index contributed by atoms with van der Waals surface area (Å²) in [7, 11) is 0. The number of aliphatic carboxylic acids is 1. The van der Waals surface area contributed by atoms with E-state index in [9.17, 15) is 14.4 Å². The maximum absolute atomic E-state index is 12.2. The third-order valence-electron chi connectivity index (χ3n) is 3.79. The summed E-state index contributed by atoms with van der Waals surface area (Å²) in [5.41, 5.74) is 0.893. The summed E-state index contributed by atoms with van der Waals surface area (Å²) >= 11 is 0. The van der Waals surface area contributed by atoms with Gasteiger partial charge in [-0.1, -0.05) is 19.4 Å². The Kier molecular flexibility index (Phi) is 6.17. The number of hydrogen-bond donors (Lipinski definition) is 4. The SMILES string of the molecule is CCCC(CNC(=O)c1cccc(NC(=O)NC2CC2)c1)C(=O)O. The summed E-state index contributed by atoms with van der Waals surface area (Å²) < 4.78 is 0. The van der Waals surface area contributed by atoms with Gasteiger partial charge in [0.15, 0.2) is 0 Å². The molecule has 7 nitrogen and oxygen atoms in total. The van der Waals surface area contributed by atoms with Crippen molar-refractivity contribution in [2.45, 2.75) is 38.6 Å². The Labute approximate surface area is 140 Å². The van der Waals surface area contributed by atoms with E-state index in [4.69, 9.17) is 5.11 Å². The van der Waals surface area contributed by atoms with Gasteiger partial charge in [0.1, 0.15) is 0 Å². The van der Waals surface area contributed by atoms with Gasteiger partial charge in [-0.3, -0.25) is 9.59 Å². The van der Waals surface area contributed by atoms with Crippen LogP contribution in [0.15, 0.2) is 24.3 Å². The van der Waals surface area contributed by atoms with Crippen LogP contribution in [0, 0.1) is 5.92 Å². The summed E-state index contributed by atoms with van der Waals surface area (Å²) in [5, 5.41) is 17.2. The quantitative estimate of drug-likeness (QED) is 0.585. The second kappa shape index (κ2) is 8.33. The molecule has 1 aromatic carbocycles. The van der Waals surface area contributed by atoms with E-state index in [1.54, 1.807) is 24.3 Å². The normalized spacial score (nSPS) is 14.5. The first kappa shape index (κ1) is 17.8. The predicted molar refractivity (Wildman–Crippen MR) is 90.0 cm³/mol. The Morgan fingerprint density at radius 3 is 2.67 bits per heavy atom. The van der Waals surface area contributed by atoms with Gasteiger partial charge >= 0.3 is 12.0 Å². The molecule has 1 aliphatic carbocycles. The van der Waals surface area contributed by atoms with Crippen molar-refractivity contribution in [2.75, 3.05) is 11.9 Å². The van der Waals surface area contributed by atoms with E-state index in [2.05, 4.69) is 16.0 Å². The van der Waals surface area contributed by atoms with E-state index in [1.807, 2.05) is 6.92 Å². The molecule has 0 bridgehead atoms. The molecule has 0 spiro atoms. The number of nitrogens with one attached hydrogen (secondary N) is 3. The zero-order chi connectivity index (χ0) is 17.5. The predicted octanol–water partition coefficient (Wildman–Crippen LogP) is 2.20. The van der Waals surface area contributed by atoms with Gasteiger partial charge < -0.3 is 21.1 Å². The van der Waals surface area contributed by atoms with Gasteiger partial charge in [0.05, 0.1) is 5.92 Å². The lowest BCUT2D eigenvalue weighted by atomic mass is 10.0. The first-order valence-corrected chi connectivity index (χ1v) is 8.18. The molecule has 3 amide bonds. The maximum Gasteiger partial charge on any atom is 0.319 e. The van der Waals surface area contributed by atoms with E-state index in [0.29, 0.717) is 17.7 Å². The van der Waals surface area contributed by atoms with Crippen LogP contribution in [-0.2, 0) is 4.79 Å². The third-order valence-corrected chi connectivity index (χ3v) is 3.79. The minimum Gasteiger partial charge on any atom is -0.481 e. The molecular formula is C17H23N3O4. The summed E-state index contributed by atoms with van der Waals surface area (Å²) in [6, 6.07) is 6.52. The molecule has 0 radical (unpaired) electrons. The van der Waals surface area contributed by atoms with Gasteiger partial charge in [-0.15, -0.1) is 0 Å². The van der Waals surface area contributed by atoms with Crippen molar-refractivity contribution in [1.29, 1.82) is 0 Å². The highest BCUT2D eigenvalue weighted by Gasteiger charge is 2.23. The molecule has 7 heteroatoms. The van der Waals surface area contributed by atoms with Gasteiger partial charge in [-0.2, -0.15) is 0 Å². The van der Waals surface area contributed by atoms with Crippen molar-refractivity contribution in [3.63, 3.8) is 0 Å². The second-order valence-electron chi connectivity index (χ2n) is 5.99. The van der Waals surface area contributed by atoms with Crippen molar-refractivity contribution < 1.29 is 19.5 Å². The van der Waals surface area contributed by atoms with Crippen LogP contribution < -0.4 is 16.0 Å². The Hall–Kier alpha value is -2.57. The van der Waals surface area contributed by atoms with Crippen molar-refractivity contribution in [2.24, 2.45) is 5.92 Å². The van der Waals surface area contributed by atoms with E-state index < -0.39 is 11.9 Å². The number of anilines is 1. The minimum atomic E-state index is -0.913. The molecule has 1 atom stereocenters. The fraction of sp³-hybridized carbons (Fsp3) is 0.471. The monoisotopic (exact) mass is 333 g/mol. The average Bonchev–Trinajstić information content (AvgIpc) is 3.34. The number of urea groups is 1. The number of carbonyl (C=O) groups excluding carboxylic acids is 2. The topological polar surface area (TPSA) is 108 Å². The largest absolute Gasteiger partial charge is 0.481 e. The number of carbonyl (C=O) groups is 3. The molecule has 2 rings (SSSR count). The Morgan fingerprint density at radius 1 is 1.29 bits per heavy atom. The van der Waals surface area contributed by atoms with Crippen LogP contribution in [0.25, 0.3) is 0 Å². The van der Waals surface area contributed by atoms with Crippen LogP contribution in [0.5, 0.6) is 0 Å². The molecule has 1 saturated carbocycles. The lowest BCUT2D eigenvalue weighted by Gasteiger charge is -2.13. The van der Waals surface area contributed by atoms with E-state index in [-0.39, 0.29) is 24.5 Å². The fourth-order valence-corrected chi connectivity index (χ4v) is 2.30. The van der Waals surface area contributed by atoms with Gasteiger partial charge in [-0.25, -0.2) is 4.79 Å². The zero-order valence-electron chi connectivity index (χ0n) is 13.7. The lowest BCUT2D eigenvalue weighted by molar-refractivity contribution is -0.141. The molecule has 0 aliphatic heterocycles. The molecular weight excluding hydrogens is 310 g/mol. The second-order valence-corrected chi connectivity index (χ2v) is 5.99. The Balaban J connectivity index is 1.90. The third kappa shape index (κ3) is 5.57. The summed E-state index contributed by atoms with van der Waals surface area (Å²) in [5.74, 6) is -1.86. The zero-order valence-corrected chi connectivity index (χ0v) is 13.7. The fourth-order valence-electron chi connectivity index (χ4n) is 2.30. The highest BCUT2D eigenvalue weighted by atomic mass is 16.4. The summed E-state index contributed by atoms with van der Waals surface area (Å²) in [6.07, 6.45) is 3.25. The first-order chi connectivity index (χ1) is 11.5. The number of amides is 3. The number of benzene rings is 1. The van der Waals surface area contributed by atoms with Crippen LogP contribution in [-0.4, -0.2) is 35.6 Å². The molecule has 4 N–H and O–H groups in total. The number of carboxylic acid groups (broad SMARTS) is 1. The maximum atomic E-state index is 12.2. The van der Waals surface area contributed by atoms with Crippen LogP contribution in [0.4, 0.5) is 10.5 Å². The Morgan fingerprint density at radius 2 is 2.04 bits per heavy atom. The highest BCUT2D eigenvalue weighted by molar-refractivity contribution is 5.97. The molecule has 1 aromatic rings. The summed E-state index contributed by atoms with van der Waals surface area (Å²) in [4.78, 5) is 35.0. The van der Waals surface area contributed by atoms with Crippen molar-refractivity contribution in [1.82, 2.24) is 10.6 Å². The average molecular weight is 333 g/mol. The molecule has 0 aromatic heterocycles. The Bertz CT molecular complexity index is 614. The van der Waals surface area contributed by atoms with Gasteiger partial charge in [0.2, 0.25) is 0 Å². The summed E-state index contributed by atoms with van der Waals surface area (Å²) in [6.45, 7) is 1.99. The van der Waals surface area contributed by atoms with Crippen LogP contribution in [0.3, 0.4) is 0 Å². The highest BCUT2D eigenvalue weighted by Crippen LogP contribution is 2.19. The molecule has 1 unspecified atom stereocenters.